The molecule has 0 fully saturated rings. The summed E-state index contributed by atoms with van der Waals surface area (Å²) in [6, 6.07) is 9.03. The smallest absolute Gasteiger partial charge is 0.276 e. The van der Waals surface area contributed by atoms with Crippen molar-refractivity contribution in [3.05, 3.63) is 46.1 Å². The van der Waals surface area contributed by atoms with Crippen LogP contribution in [0, 0.1) is 6.92 Å². The Labute approximate surface area is 138 Å². The molecule has 0 unspecified atom stereocenters. The molecule has 2 rings (SSSR count). The molecule has 0 atom stereocenters. The minimum absolute atomic E-state index is 0.104. The monoisotopic (exact) mass is 362 g/mol. The second kappa shape index (κ2) is 6.44. The van der Waals surface area contributed by atoms with Gasteiger partial charge in [0.05, 0.1) is 0 Å². The highest BCUT2D eigenvalue weighted by molar-refractivity contribution is 9.10. The molecular formula is C16H19BrN4O. The third-order valence-corrected chi connectivity index (χ3v) is 3.71. The zero-order valence-corrected chi connectivity index (χ0v) is 14.7. The van der Waals surface area contributed by atoms with E-state index in [4.69, 9.17) is 0 Å². The van der Waals surface area contributed by atoms with Gasteiger partial charge in [-0.15, -0.1) is 10.2 Å². The lowest BCUT2D eigenvalue weighted by Gasteiger charge is -2.20. The summed E-state index contributed by atoms with van der Waals surface area (Å²) in [6.45, 7) is 8.06. The third-order valence-electron chi connectivity index (χ3n) is 2.82. The predicted molar refractivity (Wildman–Crippen MR) is 92.2 cm³/mol. The number of rotatable bonds is 3. The predicted octanol–water partition coefficient (Wildman–Crippen LogP) is 4.01. The Morgan fingerprint density at radius 2 is 1.86 bits per heavy atom. The van der Waals surface area contributed by atoms with E-state index < -0.39 is 0 Å². The van der Waals surface area contributed by atoms with E-state index in [1.165, 1.54) is 0 Å². The van der Waals surface area contributed by atoms with Crippen molar-refractivity contribution >= 4 is 33.3 Å². The molecule has 0 aliphatic rings. The van der Waals surface area contributed by atoms with Gasteiger partial charge in [-0.2, -0.15) is 0 Å². The van der Waals surface area contributed by atoms with Crippen LogP contribution in [0.3, 0.4) is 0 Å². The molecule has 0 saturated carbocycles. The molecule has 2 N–H and O–H groups in total. The average Bonchev–Trinajstić information content (AvgIpc) is 2.42. The zero-order valence-electron chi connectivity index (χ0n) is 13.1. The van der Waals surface area contributed by atoms with Crippen molar-refractivity contribution in [1.82, 2.24) is 10.2 Å². The molecule has 1 aromatic heterocycles. The quantitative estimate of drug-likeness (QED) is 0.865. The first-order valence-corrected chi connectivity index (χ1v) is 7.73. The van der Waals surface area contributed by atoms with Crippen LogP contribution in [-0.4, -0.2) is 21.6 Å². The number of anilines is 2. The first kappa shape index (κ1) is 16.4. The van der Waals surface area contributed by atoms with Gasteiger partial charge < -0.3 is 10.6 Å². The van der Waals surface area contributed by atoms with Crippen LogP contribution < -0.4 is 10.6 Å². The fourth-order valence-electron chi connectivity index (χ4n) is 1.82. The Hall–Kier alpha value is -1.95. The van der Waals surface area contributed by atoms with Gasteiger partial charge in [-0.1, -0.05) is 15.9 Å². The minimum atomic E-state index is -0.281. The van der Waals surface area contributed by atoms with Crippen molar-refractivity contribution in [2.24, 2.45) is 0 Å². The van der Waals surface area contributed by atoms with E-state index in [-0.39, 0.29) is 17.1 Å². The van der Waals surface area contributed by atoms with Crippen LogP contribution in [0.4, 0.5) is 11.5 Å². The van der Waals surface area contributed by atoms with Crippen LogP contribution in [0.5, 0.6) is 0 Å². The van der Waals surface area contributed by atoms with Gasteiger partial charge >= 0.3 is 0 Å². The van der Waals surface area contributed by atoms with Gasteiger partial charge in [0.15, 0.2) is 5.69 Å². The number of carbonyl (C=O) groups is 1. The molecule has 1 heterocycles. The molecule has 0 radical (unpaired) electrons. The van der Waals surface area contributed by atoms with E-state index in [9.17, 15) is 4.79 Å². The summed E-state index contributed by atoms with van der Waals surface area (Å²) in [7, 11) is 0. The Kier molecular flexibility index (Phi) is 4.81. The molecule has 6 heteroatoms. The number of aryl methyl sites for hydroxylation is 1. The maximum Gasteiger partial charge on any atom is 0.276 e. The number of carbonyl (C=O) groups excluding carboxylic acids is 1. The second-order valence-corrected chi connectivity index (χ2v) is 6.95. The molecule has 0 aliphatic carbocycles. The summed E-state index contributed by atoms with van der Waals surface area (Å²) < 4.78 is 1.00. The Morgan fingerprint density at radius 3 is 2.41 bits per heavy atom. The number of nitrogens with one attached hydrogen (secondary N) is 2. The molecule has 5 nitrogen and oxygen atoms in total. The van der Waals surface area contributed by atoms with Gasteiger partial charge in [-0.3, -0.25) is 4.79 Å². The number of nitrogens with zero attached hydrogens (tertiary/aromatic N) is 2. The summed E-state index contributed by atoms with van der Waals surface area (Å²) in [5.41, 5.74) is 1.95. The summed E-state index contributed by atoms with van der Waals surface area (Å²) in [5.74, 6) is 0.361. The molecule has 0 bridgehead atoms. The summed E-state index contributed by atoms with van der Waals surface area (Å²) in [4.78, 5) is 12.2. The SMILES string of the molecule is Cc1cc(NC(=O)c2ccc(NC(C)(C)C)nn2)ccc1Br. The highest BCUT2D eigenvalue weighted by Gasteiger charge is 2.13. The van der Waals surface area contributed by atoms with E-state index in [2.05, 4.69) is 36.8 Å². The Morgan fingerprint density at radius 1 is 1.14 bits per heavy atom. The number of hydrogen-bond donors (Lipinski definition) is 2. The van der Waals surface area contributed by atoms with Gasteiger partial charge in [0.2, 0.25) is 0 Å². The fourth-order valence-corrected chi connectivity index (χ4v) is 2.07. The lowest BCUT2D eigenvalue weighted by Crippen LogP contribution is -2.27. The highest BCUT2D eigenvalue weighted by atomic mass is 79.9. The minimum Gasteiger partial charge on any atom is -0.364 e. The van der Waals surface area contributed by atoms with Crippen molar-refractivity contribution in [3.8, 4) is 0 Å². The number of benzene rings is 1. The Balaban J connectivity index is 2.08. The number of aromatic nitrogens is 2. The molecule has 2 aromatic rings. The second-order valence-electron chi connectivity index (χ2n) is 6.10. The van der Waals surface area contributed by atoms with Crippen LogP contribution >= 0.6 is 15.9 Å². The van der Waals surface area contributed by atoms with E-state index in [0.717, 1.165) is 15.7 Å². The maximum absolute atomic E-state index is 12.2. The van der Waals surface area contributed by atoms with Crippen molar-refractivity contribution < 1.29 is 4.79 Å². The van der Waals surface area contributed by atoms with Crippen LogP contribution in [0.1, 0.15) is 36.8 Å². The molecule has 0 aliphatic heterocycles. The highest BCUT2D eigenvalue weighted by Crippen LogP contribution is 2.20. The molecular weight excluding hydrogens is 344 g/mol. The lowest BCUT2D eigenvalue weighted by atomic mass is 10.1. The van der Waals surface area contributed by atoms with E-state index >= 15 is 0 Å². The van der Waals surface area contributed by atoms with E-state index in [0.29, 0.717) is 5.82 Å². The Bertz CT molecular complexity index is 678. The third kappa shape index (κ3) is 4.53. The normalized spacial score (nSPS) is 11.1. The largest absolute Gasteiger partial charge is 0.364 e. The van der Waals surface area contributed by atoms with Crippen molar-refractivity contribution in [1.29, 1.82) is 0 Å². The molecule has 0 saturated heterocycles. The molecule has 0 spiro atoms. The topological polar surface area (TPSA) is 66.9 Å². The molecule has 1 amide bonds. The van der Waals surface area contributed by atoms with Crippen LogP contribution in [-0.2, 0) is 0 Å². The molecule has 1 aromatic carbocycles. The summed E-state index contributed by atoms with van der Waals surface area (Å²) in [5, 5.41) is 14.0. The number of halogens is 1. The van der Waals surface area contributed by atoms with Crippen molar-refractivity contribution in [2.75, 3.05) is 10.6 Å². The van der Waals surface area contributed by atoms with Crippen LogP contribution in [0.2, 0.25) is 0 Å². The standard InChI is InChI=1S/C16H19BrN4O/c1-10-9-11(5-6-12(10)17)18-15(22)13-7-8-14(21-20-13)19-16(2,3)4/h5-9H,1-4H3,(H,18,22)(H,19,21). The van der Waals surface area contributed by atoms with Gasteiger partial charge in [-0.25, -0.2) is 0 Å². The summed E-state index contributed by atoms with van der Waals surface area (Å²) >= 11 is 3.43. The first-order valence-electron chi connectivity index (χ1n) is 6.94. The summed E-state index contributed by atoms with van der Waals surface area (Å²) in [6.07, 6.45) is 0. The van der Waals surface area contributed by atoms with Crippen LogP contribution in [0.15, 0.2) is 34.8 Å². The molecule has 22 heavy (non-hydrogen) atoms. The van der Waals surface area contributed by atoms with E-state index in [1.807, 2.05) is 45.9 Å². The van der Waals surface area contributed by atoms with Crippen molar-refractivity contribution in [3.63, 3.8) is 0 Å². The van der Waals surface area contributed by atoms with E-state index in [1.54, 1.807) is 12.1 Å². The van der Waals surface area contributed by atoms with Crippen LogP contribution in [0.25, 0.3) is 0 Å². The van der Waals surface area contributed by atoms with Gasteiger partial charge in [0.1, 0.15) is 5.82 Å². The lowest BCUT2D eigenvalue weighted by molar-refractivity contribution is 0.102. The van der Waals surface area contributed by atoms with Gasteiger partial charge in [-0.05, 0) is 63.6 Å². The van der Waals surface area contributed by atoms with Crippen molar-refractivity contribution in [2.45, 2.75) is 33.2 Å². The average molecular weight is 363 g/mol. The van der Waals surface area contributed by atoms with Gasteiger partial charge in [0, 0.05) is 15.7 Å². The number of amides is 1. The molecule has 116 valence electrons. The van der Waals surface area contributed by atoms with Gasteiger partial charge in [0.25, 0.3) is 5.91 Å². The maximum atomic E-state index is 12.2. The zero-order chi connectivity index (χ0) is 16.3. The fraction of sp³-hybridized carbons (Fsp3) is 0.312. The number of hydrogen-bond acceptors (Lipinski definition) is 4. The first-order chi connectivity index (χ1) is 10.2.